The Morgan fingerprint density at radius 1 is 0.900 bits per heavy atom. The van der Waals surface area contributed by atoms with Gasteiger partial charge in [0.1, 0.15) is 0 Å². The minimum Gasteiger partial charge on any atom is -0.469 e. The van der Waals surface area contributed by atoms with E-state index in [4.69, 9.17) is 4.74 Å². The number of carbonyl (C=O) groups is 1. The lowest BCUT2D eigenvalue weighted by Crippen LogP contribution is -2.17. The van der Waals surface area contributed by atoms with Gasteiger partial charge in [0, 0.05) is 0 Å². The fourth-order valence-electron chi connectivity index (χ4n) is 3.33. The molecule has 0 aromatic heterocycles. The van der Waals surface area contributed by atoms with Crippen molar-refractivity contribution in [2.45, 2.75) is 79.6 Å². The Bertz CT molecular complexity index is 250. The van der Waals surface area contributed by atoms with Gasteiger partial charge in [0.15, 0.2) is 0 Å². The molecule has 0 spiro atoms. The third-order valence-corrected chi connectivity index (χ3v) is 4.27. The molecule has 0 aromatic rings. The van der Waals surface area contributed by atoms with Crippen LogP contribution in [0.4, 0.5) is 0 Å². The smallest absolute Gasteiger partial charge is 0.308 e. The Kier molecular flexibility index (Phi) is 10.9. The predicted octanol–water partition coefficient (Wildman–Crippen LogP) is 5.45. The molecule has 0 saturated carbocycles. The van der Waals surface area contributed by atoms with Crippen LogP contribution in [0, 0.1) is 23.7 Å². The third kappa shape index (κ3) is 9.39. The number of ether oxygens (including phenoxy) is 1. The molecule has 120 valence electrons. The van der Waals surface area contributed by atoms with Gasteiger partial charge in [0.2, 0.25) is 0 Å². The maximum absolute atomic E-state index is 11.4. The van der Waals surface area contributed by atoms with Crippen LogP contribution in [0.1, 0.15) is 79.6 Å². The number of esters is 1. The number of unbranched alkanes of at least 4 members (excludes halogenated alkanes) is 2. The molecule has 0 amide bonds. The van der Waals surface area contributed by atoms with Crippen molar-refractivity contribution >= 4 is 5.97 Å². The highest BCUT2D eigenvalue weighted by atomic mass is 16.5. The molecular formula is C18H36O2. The molecule has 0 aromatic carbocycles. The van der Waals surface area contributed by atoms with Gasteiger partial charge in [0.25, 0.3) is 0 Å². The summed E-state index contributed by atoms with van der Waals surface area (Å²) >= 11 is 0. The molecule has 2 nitrogen and oxygen atoms in total. The van der Waals surface area contributed by atoms with Gasteiger partial charge in [-0.3, -0.25) is 4.79 Å². The van der Waals surface area contributed by atoms with Crippen LogP contribution < -0.4 is 0 Å². The molecule has 0 saturated heterocycles. The van der Waals surface area contributed by atoms with Gasteiger partial charge in [-0.1, -0.05) is 60.3 Å². The van der Waals surface area contributed by atoms with Gasteiger partial charge in [-0.05, 0) is 37.0 Å². The van der Waals surface area contributed by atoms with E-state index in [2.05, 4.69) is 27.7 Å². The average Bonchev–Trinajstić information content (AvgIpc) is 2.37. The Balaban J connectivity index is 3.88. The summed E-state index contributed by atoms with van der Waals surface area (Å²) < 4.78 is 4.80. The van der Waals surface area contributed by atoms with Crippen molar-refractivity contribution < 1.29 is 9.53 Å². The van der Waals surface area contributed by atoms with E-state index in [0.29, 0.717) is 5.92 Å². The van der Waals surface area contributed by atoms with E-state index < -0.39 is 0 Å². The Morgan fingerprint density at radius 2 is 1.45 bits per heavy atom. The highest BCUT2D eigenvalue weighted by molar-refractivity contribution is 5.71. The van der Waals surface area contributed by atoms with E-state index in [1.807, 2.05) is 6.92 Å². The number of methoxy groups -OCH3 is 1. The van der Waals surface area contributed by atoms with Crippen molar-refractivity contribution in [3.8, 4) is 0 Å². The lowest BCUT2D eigenvalue weighted by atomic mass is 9.84. The predicted molar refractivity (Wildman–Crippen MR) is 86.7 cm³/mol. The second-order valence-electron chi connectivity index (χ2n) is 6.94. The van der Waals surface area contributed by atoms with Crippen molar-refractivity contribution in [3.05, 3.63) is 0 Å². The molecule has 0 aliphatic rings. The van der Waals surface area contributed by atoms with Gasteiger partial charge in [-0.2, -0.15) is 0 Å². The summed E-state index contributed by atoms with van der Waals surface area (Å²) in [6.07, 6.45) is 8.91. The first-order chi connectivity index (χ1) is 9.40. The molecule has 2 heteroatoms. The Labute approximate surface area is 126 Å². The van der Waals surface area contributed by atoms with E-state index in [1.165, 1.54) is 45.6 Å². The summed E-state index contributed by atoms with van der Waals surface area (Å²) in [6, 6.07) is 0. The van der Waals surface area contributed by atoms with Crippen LogP contribution in [0.15, 0.2) is 0 Å². The lowest BCUT2D eigenvalue weighted by Gasteiger charge is -2.22. The molecular weight excluding hydrogens is 248 g/mol. The molecule has 0 N–H and O–H groups in total. The summed E-state index contributed by atoms with van der Waals surface area (Å²) in [7, 11) is 1.48. The molecule has 0 bridgehead atoms. The highest BCUT2D eigenvalue weighted by Crippen LogP contribution is 2.26. The second kappa shape index (κ2) is 11.2. The van der Waals surface area contributed by atoms with E-state index in [1.54, 1.807) is 0 Å². The fourth-order valence-corrected chi connectivity index (χ4v) is 3.33. The zero-order valence-corrected chi connectivity index (χ0v) is 14.6. The maximum atomic E-state index is 11.4. The van der Waals surface area contributed by atoms with Crippen LogP contribution in [-0.4, -0.2) is 13.1 Å². The quantitative estimate of drug-likeness (QED) is 0.372. The molecule has 4 atom stereocenters. The first-order valence-corrected chi connectivity index (χ1v) is 8.48. The van der Waals surface area contributed by atoms with Crippen molar-refractivity contribution in [3.63, 3.8) is 0 Å². The first-order valence-electron chi connectivity index (χ1n) is 8.48. The molecule has 0 rings (SSSR count). The number of hydrogen-bond acceptors (Lipinski definition) is 2. The van der Waals surface area contributed by atoms with Crippen molar-refractivity contribution in [1.82, 2.24) is 0 Å². The lowest BCUT2D eigenvalue weighted by molar-refractivity contribution is -0.145. The van der Waals surface area contributed by atoms with Gasteiger partial charge in [-0.15, -0.1) is 0 Å². The standard InChI is InChI=1S/C18H36O2/c1-7-8-9-10-14(2)11-15(3)12-16(4)13-17(5)18(19)20-6/h14-17H,7-13H2,1-6H3. The molecule has 0 heterocycles. The SMILES string of the molecule is CCCCCC(C)CC(C)CC(C)CC(C)C(=O)OC. The van der Waals surface area contributed by atoms with Crippen LogP contribution in [0.3, 0.4) is 0 Å². The molecule has 0 radical (unpaired) electrons. The summed E-state index contributed by atoms with van der Waals surface area (Å²) in [6.45, 7) is 11.2. The third-order valence-electron chi connectivity index (χ3n) is 4.27. The van der Waals surface area contributed by atoms with Gasteiger partial charge >= 0.3 is 5.97 Å². The fraction of sp³-hybridized carbons (Fsp3) is 0.944. The van der Waals surface area contributed by atoms with Crippen LogP contribution in [-0.2, 0) is 9.53 Å². The van der Waals surface area contributed by atoms with E-state index in [-0.39, 0.29) is 11.9 Å². The van der Waals surface area contributed by atoms with Crippen molar-refractivity contribution in [1.29, 1.82) is 0 Å². The van der Waals surface area contributed by atoms with Crippen LogP contribution >= 0.6 is 0 Å². The monoisotopic (exact) mass is 284 g/mol. The molecule has 4 unspecified atom stereocenters. The Morgan fingerprint density at radius 3 is 2.00 bits per heavy atom. The van der Waals surface area contributed by atoms with Crippen LogP contribution in [0.2, 0.25) is 0 Å². The number of carbonyl (C=O) groups excluding carboxylic acids is 1. The summed E-state index contributed by atoms with van der Waals surface area (Å²) in [5, 5.41) is 0. The minimum absolute atomic E-state index is 0.0316. The van der Waals surface area contributed by atoms with E-state index in [0.717, 1.165) is 18.3 Å². The molecule has 20 heavy (non-hydrogen) atoms. The molecule has 0 aliphatic carbocycles. The van der Waals surface area contributed by atoms with Gasteiger partial charge in [-0.25, -0.2) is 0 Å². The number of rotatable bonds is 11. The zero-order valence-electron chi connectivity index (χ0n) is 14.6. The molecule has 0 aliphatic heterocycles. The normalized spacial score (nSPS) is 17.3. The van der Waals surface area contributed by atoms with Gasteiger partial charge in [0.05, 0.1) is 13.0 Å². The van der Waals surface area contributed by atoms with E-state index >= 15 is 0 Å². The Hall–Kier alpha value is -0.530. The van der Waals surface area contributed by atoms with Gasteiger partial charge < -0.3 is 4.74 Å². The van der Waals surface area contributed by atoms with Crippen LogP contribution in [0.25, 0.3) is 0 Å². The summed E-state index contributed by atoms with van der Waals surface area (Å²) in [5.74, 6) is 2.15. The highest BCUT2D eigenvalue weighted by Gasteiger charge is 2.19. The van der Waals surface area contributed by atoms with Crippen molar-refractivity contribution in [2.75, 3.05) is 7.11 Å². The zero-order chi connectivity index (χ0) is 15.5. The van der Waals surface area contributed by atoms with Crippen LogP contribution in [0.5, 0.6) is 0 Å². The summed E-state index contributed by atoms with van der Waals surface area (Å²) in [5.41, 5.74) is 0. The van der Waals surface area contributed by atoms with Crippen molar-refractivity contribution in [2.24, 2.45) is 23.7 Å². The topological polar surface area (TPSA) is 26.3 Å². The number of hydrogen-bond donors (Lipinski definition) is 0. The summed E-state index contributed by atoms with van der Waals surface area (Å²) in [4.78, 5) is 11.4. The largest absolute Gasteiger partial charge is 0.469 e. The molecule has 0 fully saturated rings. The average molecular weight is 284 g/mol. The first kappa shape index (κ1) is 19.5. The minimum atomic E-state index is -0.0718. The second-order valence-corrected chi connectivity index (χ2v) is 6.94. The van der Waals surface area contributed by atoms with E-state index in [9.17, 15) is 4.79 Å². The maximum Gasteiger partial charge on any atom is 0.308 e.